The maximum Gasteiger partial charge on any atom is 0.318 e. The summed E-state index contributed by atoms with van der Waals surface area (Å²) in [6, 6.07) is -0.188. The topological polar surface area (TPSA) is 52.7 Å². The summed E-state index contributed by atoms with van der Waals surface area (Å²) in [7, 11) is 0. The van der Waals surface area contributed by atoms with Gasteiger partial charge in [0.1, 0.15) is 6.04 Å². The maximum absolute atomic E-state index is 12.6. The van der Waals surface area contributed by atoms with E-state index in [0.717, 1.165) is 38.4 Å². The van der Waals surface area contributed by atoms with Crippen LogP contribution in [0.3, 0.4) is 0 Å². The van der Waals surface area contributed by atoms with Gasteiger partial charge >= 0.3 is 6.03 Å². The zero-order valence-electron chi connectivity index (χ0n) is 12.5. The van der Waals surface area contributed by atoms with E-state index in [1.54, 1.807) is 4.90 Å². The number of hydrogen-bond acceptors (Lipinski definition) is 2. The van der Waals surface area contributed by atoms with Gasteiger partial charge in [-0.1, -0.05) is 0 Å². The number of nitrogens with one attached hydrogen (secondary N) is 1. The number of amides is 3. The molecular weight excluding hydrogens is 254 g/mol. The predicted octanol–water partition coefficient (Wildman–Crippen LogP) is 1.44. The van der Waals surface area contributed by atoms with Gasteiger partial charge in [0.15, 0.2) is 0 Å². The predicted molar refractivity (Wildman–Crippen MR) is 76.2 cm³/mol. The minimum Gasteiger partial charge on any atom is -0.340 e. The Balaban J connectivity index is 1.68. The first kappa shape index (κ1) is 13.7. The minimum absolute atomic E-state index is 0.0786. The fraction of sp³-hybridized carbons (Fsp3) is 0.867. The van der Waals surface area contributed by atoms with E-state index < -0.39 is 0 Å². The highest BCUT2D eigenvalue weighted by molar-refractivity contribution is 5.88. The van der Waals surface area contributed by atoms with Crippen molar-refractivity contribution in [3.8, 4) is 0 Å². The normalized spacial score (nSPS) is 29.9. The molecule has 20 heavy (non-hydrogen) atoms. The third-order valence-electron chi connectivity index (χ3n) is 4.63. The van der Waals surface area contributed by atoms with E-state index in [1.807, 2.05) is 18.7 Å². The molecule has 3 fully saturated rings. The number of hydrogen-bond donors (Lipinski definition) is 1. The fourth-order valence-electron chi connectivity index (χ4n) is 3.40. The number of fused-ring (bicyclic) bond motifs is 2. The van der Waals surface area contributed by atoms with Crippen molar-refractivity contribution in [1.82, 2.24) is 15.1 Å². The molecule has 1 N–H and O–H groups in total. The first-order chi connectivity index (χ1) is 9.54. The number of carbonyl (C=O) groups excluding carboxylic acids is 2. The highest BCUT2D eigenvalue weighted by Gasteiger charge is 2.44. The zero-order valence-corrected chi connectivity index (χ0v) is 12.5. The lowest BCUT2D eigenvalue weighted by molar-refractivity contribution is -0.143. The van der Waals surface area contributed by atoms with Gasteiger partial charge in [0, 0.05) is 25.7 Å². The van der Waals surface area contributed by atoms with Crippen LogP contribution in [-0.4, -0.2) is 53.5 Å². The van der Waals surface area contributed by atoms with Gasteiger partial charge in [0.2, 0.25) is 5.91 Å². The largest absolute Gasteiger partial charge is 0.340 e. The van der Waals surface area contributed by atoms with E-state index in [1.165, 1.54) is 12.8 Å². The molecule has 3 aliphatic rings. The molecule has 1 saturated carbocycles. The van der Waals surface area contributed by atoms with Crippen molar-refractivity contribution in [3.63, 3.8) is 0 Å². The van der Waals surface area contributed by atoms with Crippen LogP contribution in [0.5, 0.6) is 0 Å². The van der Waals surface area contributed by atoms with Gasteiger partial charge in [-0.3, -0.25) is 4.79 Å². The van der Waals surface area contributed by atoms with Crippen molar-refractivity contribution in [1.29, 1.82) is 0 Å². The van der Waals surface area contributed by atoms with E-state index in [0.29, 0.717) is 5.92 Å². The lowest BCUT2D eigenvalue weighted by Gasteiger charge is -2.46. The van der Waals surface area contributed by atoms with Gasteiger partial charge in [0.05, 0.1) is 0 Å². The lowest BCUT2D eigenvalue weighted by atomic mass is 9.86. The van der Waals surface area contributed by atoms with Crippen molar-refractivity contribution in [2.45, 2.75) is 51.6 Å². The average Bonchev–Trinajstić information content (AvgIpc) is 3.19. The van der Waals surface area contributed by atoms with E-state index in [-0.39, 0.29) is 24.0 Å². The van der Waals surface area contributed by atoms with Crippen LogP contribution in [0.2, 0.25) is 0 Å². The van der Waals surface area contributed by atoms with Crippen molar-refractivity contribution in [3.05, 3.63) is 0 Å². The summed E-state index contributed by atoms with van der Waals surface area (Å²) in [6.45, 7) is 6.44. The Morgan fingerprint density at radius 3 is 2.75 bits per heavy atom. The Bertz CT molecular complexity index is 406. The van der Waals surface area contributed by atoms with E-state index in [2.05, 4.69) is 5.32 Å². The highest BCUT2D eigenvalue weighted by atomic mass is 16.2. The van der Waals surface area contributed by atoms with Crippen LogP contribution in [0.4, 0.5) is 4.79 Å². The van der Waals surface area contributed by atoms with Crippen LogP contribution in [0, 0.1) is 11.8 Å². The quantitative estimate of drug-likeness (QED) is 0.850. The first-order valence-electron chi connectivity index (χ1n) is 7.90. The molecule has 2 aliphatic heterocycles. The van der Waals surface area contributed by atoms with E-state index >= 15 is 0 Å². The molecule has 0 aromatic heterocycles. The second-order valence-corrected chi connectivity index (χ2v) is 6.89. The summed E-state index contributed by atoms with van der Waals surface area (Å²) in [6.07, 6.45) is 4.40. The maximum atomic E-state index is 12.6. The summed E-state index contributed by atoms with van der Waals surface area (Å²) in [5, 5.41) is 2.92. The number of piperidine rings is 2. The van der Waals surface area contributed by atoms with Gasteiger partial charge in [0.25, 0.3) is 0 Å². The van der Waals surface area contributed by atoms with Crippen LogP contribution in [0.1, 0.15) is 39.5 Å². The molecule has 2 saturated heterocycles. The third-order valence-corrected chi connectivity index (χ3v) is 4.63. The Hall–Kier alpha value is -1.26. The number of carbonyl (C=O) groups is 2. The van der Waals surface area contributed by atoms with Crippen LogP contribution < -0.4 is 5.32 Å². The van der Waals surface area contributed by atoms with Gasteiger partial charge in [-0.05, 0) is 51.4 Å². The standard InChI is InChI=1S/C15H25N3O2/c1-10(2)16-15(20)18-6-5-12-7-13(18)14(19)17(9-12)8-11-3-4-11/h10-13H,3-9H2,1-2H3,(H,16,20)/t12-,13+/m0/s1. The van der Waals surface area contributed by atoms with Crippen LogP contribution in [-0.2, 0) is 4.79 Å². The molecule has 5 nitrogen and oxygen atoms in total. The zero-order chi connectivity index (χ0) is 14.3. The van der Waals surface area contributed by atoms with Crippen LogP contribution in [0.15, 0.2) is 0 Å². The van der Waals surface area contributed by atoms with Gasteiger partial charge in [-0.2, -0.15) is 0 Å². The fourth-order valence-corrected chi connectivity index (χ4v) is 3.40. The third kappa shape index (κ3) is 2.76. The highest BCUT2D eigenvalue weighted by Crippen LogP contribution is 2.34. The number of rotatable bonds is 3. The van der Waals surface area contributed by atoms with Gasteiger partial charge < -0.3 is 15.1 Å². The summed E-state index contributed by atoms with van der Waals surface area (Å²) in [4.78, 5) is 28.6. The molecule has 2 heterocycles. The second kappa shape index (κ2) is 5.26. The van der Waals surface area contributed by atoms with E-state index in [4.69, 9.17) is 0 Å². The van der Waals surface area contributed by atoms with E-state index in [9.17, 15) is 9.59 Å². The molecule has 0 radical (unpaired) electrons. The first-order valence-corrected chi connectivity index (χ1v) is 7.90. The second-order valence-electron chi connectivity index (χ2n) is 6.89. The average molecular weight is 279 g/mol. The van der Waals surface area contributed by atoms with Crippen molar-refractivity contribution in [2.24, 2.45) is 11.8 Å². The molecule has 3 rings (SSSR count). The molecule has 2 atom stereocenters. The molecule has 5 heteroatoms. The Labute approximate surface area is 120 Å². The molecule has 0 aromatic rings. The Morgan fingerprint density at radius 2 is 2.10 bits per heavy atom. The summed E-state index contributed by atoms with van der Waals surface area (Å²) >= 11 is 0. The molecule has 1 aliphatic carbocycles. The lowest BCUT2D eigenvalue weighted by Crippen LogP contribution is -2.62. The van der Waals surface area contributed by atoms with Crippen molar-refractivity contribution in [2.75, 3.05) is 19.6 Å². The summed E-state index contributed by atoms with van der Waals surface area (Å²) in [5.74, 6) is 1.47. The molecule has 112 valence electrons. The molecule has 0 spiro atoms. The van der Waals surface area contributed by atoms with Crippen LogP contribution >= 0.6 is 0 Å². The van der Waals surface area contributed by atoms with Gasteiger partial charge in [-0.25, -0.2) is 4.79 Å². The Morgan fingerprint density at radius 1 is 1.35 bits per heavy atom. The van der Waals surface area contributed by atoms with Crippen molar-refractivity contribution < 1.29 is 9.59 Å². The molecule has 0 unspecified atom stereocenters. The molecule has 0 aromatic carbocycles. The number of urea groups is 1. The number of nitrogens with zero attached hydrogens (tertiary/aromatic N) is 2. The van der Waals surface area contributed by atoms with Gasteiger partial charge in [-0.15, -0.1) is 0 Å². The summed E-state index contributed by atoms with van der Waals surface area (Å²) < 4.78 is 0. The monoisotopic (exact) mass is 279 g/mol. The minimum atomic E-state index is -0.222. The molecule has 2 bridgehead atoms. The number of likely N-dealkylation sites (tertiary alicyclic amines) is 2. The Kier molecular flexibility index (Phi) is 3.61. The SMILES string of the molecule is CC(C)NC(=O)N1CC[C@H]2C[C@@H]1C(=O)N(CC1CC1)C2. The molecule has 3 amide bonds. The van der Waals surface area contributed by atoms with Crippen molar-refractivity contribution >= 4 is 11.9 Å². The van der Waals surface area contributed by atoms with Crippen LogP contribution in [0.25, 0.3) is 0 Å². The summed E-state index contributed by atoms with van der Waals surface area (Å²) in [5.41, 5.74) is 0. The smallest absolute Gasteiger partial charge is 0.318 e. The molecular formula is C15H25N3O2.